The van der Waals surface area contributed by atoms with Crippen LogP contribution in [0.3, 0.4) is 0 Å². The molecule has 0 fully saturated rings. The number of anilines is 1. The van der Waals surface area contributed by atoms with Crippen LogP contribution in [0.1, 0.15) is 12.2 Å². The van der Waals surface area contributed by atoms with E-state index in [-0.39, 0.29) is 5.75 Å². The van der Waals surface area contributed by atoms with Gasteiger partial charge < -0.3 is 5.32 Å². The van der Waals surface area contributed by atoms with Crippen molar-refractivity contribution in [1.82, 2.24) is 9.36 Å². The number of hydrogen-bond acceptors (Lipinski definition) is 6. The average Bonchev–Trinajstić information content (AvgIpc) is 2.44. The molecule has 14 heavy (non-hydrogen) atoms. The molecule has 0 amide bonds. The predicted molar refractivity (Wildman–Crippen MR) is 55.7 cm³/mol. The number of rotatable bonds is 5. The summed E-state index contributed by atoms with van der Waals surface area (Å²) >= 11 is 1.25. The molecule has 0 unspecified atom stereocenters. The lowest BCUT2D eigenvalue weighted by atomic mass is 10.5. The number of nitrogens with two attached hydrogens (primary N) is 1. The highest BCUT2D eigenvalue weighted by atomic mass is 32.2. The van der Waals surface area contributed by atoms with E-state index in [1.807, 2.05) is 0 Å². The Morgan fingerprint density at radius 3 is 2.79 bits per heavy atom. The van der Waals surface area contributed by atoms with Gasteiger partial charge in [0.25, 0.3) is 0 Å². The second-order valence-electron chi connectivity index (χ2n) is 2.79. The first-order valence-corrected chi connectivity index (χ1v) is 6.51. The van der Waals surface area contributed by atoms with Crippen LogP contribution in [-0.2, 0) is 10.0 Å². The van der Waals surface area contributed by atoms with E-state index in [1.165, 1.54) is 11.5 Å². The minimum Gasteiger partial charge on any atom is -0.360 e. The standard InChI is InChI=1S/C6H12N4O2S2/c1-5-9-6(13-10-5)8-3-2-4-14(7,11)12/h2-4H2,1H3,(H2,7,11,12)(H,8,9,10). The van der Waals surface area contributed by atoms with Crippen molar-refractivity contribution in [3.05, 3.63) is 5.82 Å². The van der Waals surface area contributed by atoms with Crippen LogP contribution in [0.25, 0.3) is 0 Å². The van der Waals surface area contributed by atoms with E-state index in [4.69, 9.17) is 5.14 Å². The van der Waals surface area contributed by atoms with Gasteiger partial charge in [0.15, 0.2) is 0 Å². The Balaban J connectivity index is 2.23. The molecular weight excluding hydrogens is 224 g/mol. The van der Waals surface area contributed by atoms with Crippen molar-refractivity contribution < 1.29 is 8.42 Å². The Morgan fingerprint density at radius 1 is 1.57 bits per heavy atom. The largest absolute Gasteiger partial charge is 0.360 e. The highest BCUT2D eigenvalue weighted by molar-refractivity contribution is 7.89. The highest BCUT2D eigenvalue weighted by Gasteiger charge is 2.02. The molecule has 80 valence electrons. The molecule has 1 heterocycles. The van der Waals surface area contributed by atoms with Crippen molar-refractivity contribution in [2.75, 3.05) is 17.6 Å². The first kappa shape index (κ1) is 11.3. The molecule has 3 N–H and O–H groups in total. The molecule has 1 rings (SSSR count). The number of aromatic nitrogens is 2. The van der Waals surface area contributed by atoms with Crippen LogP contribution in [0.4, 0.5) is 5.13 Å². The highest BCUT2D eigenvalue weighted by Crippen LogP contribution is 2.09. The second kappa shape index (κ2) is 4.67. The lowest BCUT2D eigenvalue weighted by Gasteiger charge is -2.00. The molecule has 0 atom stereocenters. The van der Waals surface area contributed by atoms with Crippen molar-refractivity contribution in [3.63, 3.8) is 0 Å². The van der Waals surface area contributed by atoms with Gasteiger partial charge in [-0.25, -0.2) is 18.5 Å². The van der Waals surface area contributed by atoms with Crippen molar-refractivity contribution in [2.45, 2.75) is 13.3 Å². The first-order valence-electron chi connectivity index (χ1n) is 4.02. The van der Waals surface area contributed by atoms with E-state index in [9.17, 15) is 8.42 Å². The van der Waals surface area contributed by atoms with Gasteiger partial charge >= 0.3 is 0 Å². The lowest BCUT2D eigenvalue weighted by Crippen LogP contribution is -2.18. The molecule has 0 saturated heterocycles. The first-order chi connectivity index (χ1) is 6.47. The third-order valence-electron chi connectivity index (χ3n) is 1.41. The quantitative estimate of drug-likeness (QED) is 0.698. The topological polar surface area (TPSA) is 98.0 Å². The molecule has 1 aromatic heterocycles. The zero-order chi connectivity index (χ0) is 10.6. The summed E-state index contributed by atoms with van der Waals surface area (Å²) < 4.78 is 25.1. The van der Waals surface area contributed by atoms with Crippen LogP contribution < -0.4 is 10.5 Å². The predicted octanol–water partition coefficient (Wildman–Crippen LogP) is -0.0630. The number of nitrogens with one attached hydrogen (secondary N) is 1. The molecule has 0 saturated carbocycles. The van der Waals surface area contributed by atoms with Gasteiger partial charge in [0, 0.05) is 18.1 Å². The number of hydrogen-bond donors (Lipinski definition) is 2. The Kier molecular flexibility index (Phi) is 3.78. The van der Waals surface area contributed by atoms with E-state index in [0.29, 0.717) is 23.9 Å². The molecule has 0 aromatic carbocycles. The molecule has 0 radical (unpaired) electrons. The van der Waals surface area contributed by atoms with E-state index in [0.717, 1.165) is 0 Å². The minimum atomic E-state index is -3.35. The van der Waals surface area contributed by atoms with Crippen molar-refractivity contribution >= 4 is 26.7 Å². The molecule has 1 aromatic rings. The third-order valence-corrected chi connectivity index (χ3v) is 3.03. The molecule has 8 heteroatoms. The Bertz CT molecular complexity index is 386. The van der Waals surface area contributed by atoms with Crippen molar-refractivity contribution in [2.24, 2.45) is 5.14 Å². The number of aryl methyl sites for hydroxylation is 1. The Morgan fingerprint density at radius 2 is 2.29 bits per heavy atom. The van der Waals surface area contributed by atoms with Crippen molar-refractivity contribution in [1.29, 1.82) is 0 Å². The zero-order valence-corrected chi connectivity index (χ0v) is 9.36. The SMILES string of the molecule is Cc1nsc(NCCCS(N)(=O)=O)n1. The summed E-state index contributed by atoms with van der Waals surface area (Å²) in [6, 6.07) is 0. The van der Waals surface area contributed by atoms with Gasteiger partial charge in [0.1, 0.15) is 5.82 Å². The molecule has 0 spiro atoms. The second-order valence-corrected chi connectivity index (χ2v) is 5.28. The van der Waals surface area contributed by atoms with Crippen LogP contribution in [0.15, 0.2) is 0 Å². The molecule has 0 aliphatic carbocycles. The number of primary sulfonamides is 1. The van der Waals surface area contributed by atoms with Gasteiger partial charge in [-0.1, -0.05) is 0 Å². The monoisotopic (exact) mass is 236 g/mol. The summed E-state index contributed by atoms with van der Waals surface area (Å²) in [4.78, 5) is 4.06. The third kappa shape index (κ3) is 4.49. The van der Waals surface area contributed by atoms with Crippen LogP contribution in [0.2, 0.25) is 0 Å². The van der Waals surface area contributed by atoms with Crippen LogP contribution >= 0.6 is 11.5 Å². The fourth-order valence-electron chi connectivity index (χ4n) is 0.838. The molecule has 0 aliphatic rings. The minimum absolute atomic E-state index is 0.0161. The van der Waals surface area contributed by atoms with E-state index >= 15 is 0 Å². The summed E-state index contributed by atoms with van der Waals surface area (Å²) in [5.74, 6) is 0.696. The van der Waals surface area contributed by atoms with Gasteiger partial charge in [-0.3, -0.25) is 0 Å². The maximum absolute atomic E-state index is 10.6. The van der Waals surface area contributed by atoms with Gasteiger partial charge in [-0.15, -0.1) is 0 Å². The summed E-state index contributed by atoms with van der Waals surface area (Å²) in [5, 5.41) is 8.51. The number of sulfonamides is 1. The molecule has 0 aliphatic heterocycles. The summed E-state index contributed by atoms with van der Waals surface area (Å²) in [5.41, 5.74) is 0. The van der Waals surface area contributed by atoms with E-state index in [2.05, 4.69) is 14.7 Å². The van der Waals surface area contributed by atoms with Crippen LogP contribution in [0, 0.1) is 6.92 Å². The normalized spacial score (nSPS) is 11.6. The fraction of sp³-hybridized carbons (Fsp3) is 0.667. The number of nitrogens with zero attached hydrogens (tertiary/aromatic N) is 2. The van der Waals surface area contributed by atoms with Gasteiger partial charge in [-0.2, -0.15) is 4.37 Å². The van der Waals surface area contributed by atoms with E-state index in [1.54, 1.807) is 6.92 Å². The van der Waals surface area contributed by atoms with E-state index < -0.39 is 10.0 Å². The average molecular weight is 236 g/mol. The lowest BCUT2D eigenvalue weighted by molar-refractivity contribution is 0.596. The maximum Gasteiger partial charge on any atom is 0.209 e. The smallest absolute Gasteiger partial charge is 0.209 e. The van der Waals surface area contributed by atoms with Gasteiger partial charge in [0.05, 0.1) is 5.75 Å². The molecular formula is C6H12N4O2S2. The van der Waals surface area contributed by atoms with Gasteiger partial charge in [-0.05, 0) is 13.3 Å². The fourth-order valence-corrected chi connectivity index (χ4v) is 1.98. The van der Waals surface area contributed by atoms with Crippen LogP contribution in [-0.4, -0.2) is 30.1 Å². The molecule has 0 bridgehead atoms. The Hall–Kier alpha value is -0.730. The summed E-state index contributed by atoms with van der Waals surface area (Å²) in [6.45, 7) is 2.33. The van der Waals surface area contributed by atoms with Crippen LogP contribution in [0.5, 0.6) is 0 Å². The summed E-state index contributed by atoms with van der Waals surface area (Å²) in [6.07, 6.45) is 0.470. The van der Waals surface area contributed by atoms with Crippen molar-refractivity contribution in [3.8, 4) is 0 Å². The van der Waals surface area contributed by atoms with Gasteiger partial charge in [0.2, 0.25) is 15.2 Å². The zero-order valence-electron chi connectivity index (χ0n) is 7.73. The summed E-state index contributed by atoms with van der Waals surface area (Å²) in [7, 11) is -3.35. The Labute approximate surface area is 86.8 Å². The molecule has 6 nitrogen and oxygen atoms in total. The maximum atomic E-state index is 10.6.